The van der Waals surface area contributed by atoms with Crippen molar-refractivity contribution in [2.24, 2.45) is 0 Å². The number of nitrogens with one attached hydrogen (secondary N) is 1. The number of para-hydroxylation sites is 1. The molecule has 0 bridgehead atoms. The third kappa shape index (κ3) is 3.82. The van der Waals surface area contributed by atoms with Gasteiger partial charge < -0.3 is 10.1 Å². The van der Waals surface area contributed by atoms with Gasteiger partial charge in [-0.05, 0) is 67.8 Å². The SMILES string of the molecule is CCOc1ccc(C2=C(Nc3cccc(C)c3C)C(=O)N(c3ccccc3)C2=O)cc1. The molecule has 0 unspecified atom stereocenters. The minimum absolute atomic E-state index is 0.270. The van der Waals surface area contributed by atoms with Crippen LogP contribution < -0.4 is 15.0 Å². The highest BCUT2D eigenvalue weighted by atomic mass is 16.5. The summed E-state index contributed by atoms with van der Waals surface area (Å²) in [5.41, 5.74) is 4.75. The van der Waals surface area contributed by atoms with Gasteiger partial charge in [-0.3, -0.25) is 9.59 Å². The molecule has 1 heterocycles. The summed E-state index contributed by atoms with van der Waals surface area (Å²) in [4.78, 5) is 28.1. The number of nitrogens with zero attached hydrogens (tertiary/aromatic N) is 1. The number of aryl methyl sites for hydroxylation is 1. The molecule has 1 aliphatic heterocycles. The van der Waals surface area contributed by atoms with Crippen molar-refractivity contribution in [1.29, 1.82) is 0 Å². The summed E-state index contributed by atoms with van der Waals surface area (Å²) in [5, 5.41) is 3.25. The van der Waals surface area contributed by atoms with Gasteiger partial charge in [0.1, 0.15) is 11.4 Å². The lowest BCUT2D eigenvalue weighted by Gasteiger charge is -2.16. The van der Waals surface area contributed by atoms with Crippen molar-refractivity contribution in [2.75, 3.05) is 16.8 Å². The molecule has 0 aromatic heterocycles. The second-order valence-corrected chi connectivity index (χ2v) is 7.36. The molecule has 0 saturated heterocycles. The zero-order valence-electron chi connectivity index (χ0n) is 17.8. The maximum atomic E-state index is 13.5. The maximum absolute atomic E-state index is 13.5. The number of benzene rings is 3. The Morgan fingerprint density at radius 3 is 2.23 bits per heavy atom. The molecule has 1 N–H and O–H groups in total. The Morgan fingerprint density at radius 1 is 0.839 bits per heavy atom. The lowest BCUT2D eigenvalue weighted by molar-refractivity contribution is -0.120. The van der Waals surface area contributed by atoms with Gasteiger partial charge in [0, 0.05) is 5.69 Å². The molecule has 4 rings (SSSR count). The van der Waals surface area contributed by atoms with E-state index in [0.29, 0.717) is 29.2 Å². The second kappa shape index (κ2) is 8.48. The van der Waals surface area contributed by atoms with Crippen molar-refractivity contribution in [3.63, 3.8) is 0 Å². The van der Waals surface area contributed by atoms with Crippen LogP contribution in [0.3, 0.4) is 0 Å². The van der Waals surface area contributed by atoms with Crippen LogP contribution in [0.25, 0.3) is 5.57 Å². The summed E-state index contributed by atoms with van der Waals surface area (Å²) < 4.78 is 5.52. The molecular formula is C26H24N2O3. The molecule has 0 saturated carbocycles. The van der Waals surface area contributed by atoms with Gasteiger partial charge in [0.15, 0.2) is 0 Å². The zero-order chi connectivity index (χ0) is 22.0. The van der Waals surface area contributed by atoms with E-state index in [0.717, 1.165) is 16.8 Å². The Kier molecular flexibility index (Phi) is 5.58. The lowest BCUT2D eigenvalue weighted by Crippen LogP contribution is -2.32. The van der Waals surface area contributed by atoms with Crippen molar-refractivity contribution in [1.82, 2.24) is 0 Å². The highest BCUT2D eigenvalue weighted by Gasteiger charge is 2.40. The van der Waals surface area contributed by atoms with Crippen molar-refractivity contribution < 1.29 is 14.3 Å². The van der Waals surface area contributed by atoms with E-state index in [-0.39, 0.29) is 17.5 Å². The fourth-order valence-corrected chi connectivity index (χ4v) is 3.63. The first kappa shape index (κ1) is 20.4. The fraction of sp³-hybridized carbons (Fsp3) is 0.154. The van der Waals surface area contributed by atoms with Crippen LogP contribution in [0.5, 0.6) is 5.75 Å². The average Bonchev–Trinajstić information content (AvgIpc) is 3.02. The highest BCUT2D eigenvalue weighted by molar-refractivity contribution is 6.46. The average molecular weight is 412 g/mol. The van der Waals surface area contributed by atoms with Gasteiger partial charge in [-0.1, -0.05) is 42.5 Å². The molecule has 3 aromatic rings. The smallest absolute Gasteiger partial charge is 0.282 e. The number of carbonyl (C=O) groups excluding carboxylic acids is 2. The molecule has 156 valence electrons. The van der Waals surface area contributed by atoms with Crippen LogP contribution in [0.4, 0.5) is 11.4 Å². The van der Waals surface area contributed by atoms with Crippen LogP contribution in [-0.2, 0) is 9.59 Å². The van der Waals surface area contributed by atoms with Gasteiger partial charge in [0.2, 0.25) is 0 Å². The van der Waals surface area contributed by atoms with Crippen molar-refractivity contribution >= 4 is 28.8 Å². The Bertz CT molecular complexity index is 1170. The van der Waals surface area contributed by atoms with Crippen LogP contribution in [0.2, 0.25) is 0 Å². The molecule has 1 aliphatic rings. The largest absolute Gasteiger partial charge is 0.494 e. The van der Waals surface area contributed by atoms with E-state index in [1.165, 1.54) is 4.90 Å². The maximum Gasteiger partial charge on any atom is 0.282 e. The number of amides is 2. The Morgan fingerprint density at radius 2 is 1.55 bits per heavy atom. The Balaban J connectivity index is 1.82. The van der Waals surface area contributed by atoms with Crippen LogP contribution in [-0.4, -0.2) is 18.4 Å². The third-order valence-corrected chi connectivity index (χ3v) is 5.42. The van der Waals surface area contributed by atoms with Gasteiger partial charge in [0.05, 0.1) is 17.9 Å². The summed E-state index contributed by atoms with van der Waals surface area (Å²) >= 11 is 0. The van der Waals surface area contributed by atoms with Crippen LogP contribution >= 0.6 is 0 Å². The van der Waals surface area contributed by atoms with Crippen molar-refractivity contribution in [3.8, 4) is 5.75 Å². The summed E-state index contributed by atoms with van der Waals surface area (Å²) in [5.74, 6) is -0.0123. The number of hydrogen-bond acceptors (Lipinski definition) is 4. The van der Waals surface area contributed by atoms with Crippen LogP contribution in [0, 0.1) is 13.8 Å². The molecule has 5 heteroatoms. The van der Waals surface area contributed by atoms with E-state index in [1.807, 2.05) is 81.4 Å². The highest BCUT2D eigenvalue weighted by Crippen LogP contribution is 2.35. The number of rotatable bonds is 6. The molecule has 5 nitrogen and oxygen atoms in total. The Labute approximate surface area is 182 Å². The molecule has 0 atom stereocenters. The summed E-state index contributed by atoms with van der Waals surface area (Å²) in [6, 6.07) is 22.1. The molecule has 31 heavy (non-hydrogen) atoms. The number of hydrogen-bond donors (Lipinski definition) is 1. The van der Waals surface area contributed by atoms with E-state index in [9.17, 15) is 9.59 Å². The monoisotopic (exact) mass is 412 g/mol. The van der Waals surface area contributed by atoms with Crippen molar-refractivity contribution in [3.05, 3.63) is 95.2 Å². The number of anilines is 2. The molecule has 0 radical (unpaired) electrons. The van der Waals surface area contributed by atoms with E-state index >= 15 is 0 Å². The van der Waals surface area contributed by atoms with Gasteiger partial charge in [-0.25, -0.2) is 4.90 Å². The van der Waals surface area contributed by atoms with Gasteiger partial charge in [0.25, 0.3) is 11.8 Å². The number of imide groups is 1. The number of carbonyl (C=O) groups is 2. The van der Waals surface area contributed by atoms with E-state index in [4.69, 9.17) is 4.74 Å². The molecule has 0 aliphatic carbocycles. The van der Waals surface area contributed by atoms with Crippen LogP contribution in [0.1, 0.15) is 23.6 Å². The molecular weight excluding hydrogens is 388 g/mol. The summed E-state index contributed by atoms with van der Waals surface area (Å²) in [6.07, 6.45) is 0. The van der Waals surface area contributed by atoms with Crippen LogP contribution in [0.15, 0.2) is 78.5 Å². The minimum Gasteiger partial charge on any atom is -0.494 e. The normalized spacial score (nSPS) is 13.7. The van der Waals surface area contributed by atoms with Crippen molar-refractivity contribution in [2.45, 2.75) is 20.8 Å². The van der Waals surface area contributed by atoms with E-state index in [2.05, 4.69) is 5.32 Å². The predicted octanol–water partition coefficient (Wildman–Crippen LogP) is 5.10. The standard InChI is InChI=1S/C26H24N2O3/c1-4-31-21-15-13-19(14-16-21)23-24(27-22-12-8-9-17(2)18(22)3)26(30)28(25(23)29)20-10-6-5-7-11-20/h5-16,27H,4H2,1-3H3. The molecule has 0 fully saturated rings. The first-order valence-corrected chi connectivity index (χ1v) is 10.3. The fourth-order valence-electron chi connectivity index (χ4n) is 3.63. The van der Waals surface area contributed by atoms with Gasteiger partial charge in [-0.2, -0.15) is 0 Å². The first-order valence-electron chi connectivity index (χ1n) is 10.3. The zero-order valence-corrected chi connectivity index (χ0v) is 17.8. The predicted molar refractivity (Wildman–Crippen MR) is 123 cm³/mol. The quantitative estimate of drug-likeness (QED) is 0.573. The number of ether oxygens (including phenoxy) is 1. The summed E-state index contributed by atoms with van der Waals surface area (Å²) in [7, 11) is 0. The summed E-state index contributed by atoms with van der Waals surface area (Å²) in [6.45, 7) is 6.48. The molecule has 0 spiro atoms. The first-order chi connectivity index (χ1) is 15.0. The van der Waals surface area contributed by atoms with Gasteiger partial charge >= 0.3 is 0 Å². The topological polar surface area (TPSA) is 58.6 Å². The van der Waals surface area contributed by atoms with E-state index < -0.39 is 0 Å². The minimum atomic E-state index is -0.374. The Hall–Kier alpha value is -3.86. The lowest BCUT2D eigenvalue weighted by atomic mass is 10.0. The molecule has 2 amide bonds. The second-order valence-electron chi connectivity index (χ2n) is 7.36. The van der Waals surface area contributed by atoms with E-state index in [1.54, 1.807) is 12.1 Å². The third-order valence-electron chi connectivity index (χ3n) is 5.42. The van der Waals surface area contributed by atoms with Gasteiger partial charge in [-0.15, -0.1) is 0 Å². The molecule has 3 aromatic carbocycles.